The molecule has 2 aromatic carbocycles. The number of hydrogen-bond donors (Lipinski definition) is 1. The second kappa shape index (κ2) is 9.04. The van der Waals surface area contributed by atoms with E-state index in [1.165, 1.54) is 4.90 Å². The first-order valence-electron chi connectivity index (χ1n) is 8.79. The van der Waals surface area contributed by atoms with Crippen LogP contribution in [0.4, 0.5) is 5.69 Å². The first kappa shape index (κ1) is 19.5. The predicted octanol–water partition coefficient (Wildman–Crippen LogP) is 4.13. The number of nitrogens with zero attached hydrogens (tertiary/aromatic N) is 1. The van der Waals surface area contributed by atoms with Gasteiger partial charge in [0.2, 0.25) is 0 Å². The summed E-state index contributed by atoms with van der Waals surface area (Å²) in [4.78, 5) is 26.4. The van der Waals surface area contributed by atoms with E-state index in [-0.39, 0.29) is 11.8 Å². The molecule has 1 N–H and O–H groups in total. The zero-order chi connectivity index (χ0) is 19.1. The van der Waals surface area contributed by atoms with Gasteiger partial charge in [-0.3, -0.25) is 9.59 Å². The Hall–Kier alpha value is -2.82. The second-order valence-corrected chi connectivity index (χ2v) is 6.38. The van der Waals surface area contributed by atoms with Crippen LogP contribution in [0, 0.1) is 6.92 Å². The van der Waals surface area contributed by atoms with Gasteiger partial charge in [0.15, 0.2) is 0 Å². The van der Waals surface area contributed by atoms with Crippen LogP contribution in [-0.2, 0) is 0 Å². The van der Waals surface area contributed by atoms with Crippen molar-refractivity contribution in [2.24, 2.45) is 0 Å². The second-order valence-electron chi connectivity index (χ2n) is 6.38. The summed E-state index contributed by atoms with van der Waals surface area (Å²) in [6.07, 6.45) is 1.96. The lowest BCUT2D eigenvalue weighted by atomic mass is 10.1. The van der Waals surface area contributed by atoms with Gasteiger partial charge in [0.05, 0.1) is 12.2 Å². The fourth-order valence-electron chi connectivity index (χ4n) is 2.44. The number of amides is 2. The van der Waals surface area contributed by atoms with Crippen LogP contribution in [0.1, 0.15) is 46.0 Å². The molecule has 0 unspecified atom stereocenters. The first-order chi connectivity index (χ1) is 12.4. The Morgan fingerprint density at radius 1 is 1.12 bits per heavy atom. The molecule has 2 rings (SSSR count). The van der Waals surface area contributed by atoms with Crippen molar-refractivity contribution in [3.63, 3.8) is 0 Å². The Labute approximate surface area is 155 Å². The Balaban J connectivity index is 2.22. The Morgan fingerprint density at radius 3 is 2.54 bits per heavy atom. The van der Waals surface area contributed by atoms with E-state index in [1.807, 2.05) is 19.1 Å². The SMILES string of the molecule is CCCCOc1ccccc1C(=O)Nc1cc(C(=O)N(C)C)ccc1C. The number of para-hydroxylation sites is 1. The van der Waals surface area contributed by atoms with Gasteiger partial charge < -0.3 is 15.0 Å². The van der Waals surface area contributed by atoms with E-state index < -0.39 is 0 Å². The average Bonchev–Trinajstić information content (AvgIpc) is 2.63. The number of aryl methyl sites for hydroxylation is 1. The Bertz CT molecular complexity index is 785. The molecule has 0 saturated carbocycles. The van der Waals surface area contributed by atoms with Crippen molar-refractivity contribution in [2.45, 2.75) is 26.7 Å². The third-order valence-electron chi connectivity index (χ3n) is 4.03. The maximum absolute atomic E-state index is 12.7. The van der Waals surface area contributed by atoms with Crippen LogP contribution in [-0.4, -0.2) is 37.4 Å². The molecule has 5 heteroatoms. The maximum Gasteiger partial charge on any atom is 0.259 e. The van der Waals surface area contributed by atoms with Gasteiger partial charge in [0.25, 0.3) is 11.8 Å². The van der Waals surface area contributed by atoms with Crippen LogP contribution in [0.15, 0.2) is 42.5 Å². The van der Waals surface area contributed by atoms with Gasteiger partial charge in [-0.05, 0) is 43.2 Å². The summed E-state index contributed by atoms with van der Waals surface area (Å²) in [5.74, 6) is 0.204. The molecule has 0 aliphatic rings. The van der Waals surface area contributed by atoms with Crippen LogP contribution >= 0.6 is 0 Å². The van der Waals surface area contributed by atoms with E-state index in [4.69, 9.17) is 4.74 Å². The van der Waals surface area contributed by atoms with Crippen molar-refractivity contribution in [3.8, 4) is 5.75 Å². The molecule has 0 heterocycles. The third-order valence-corrected chi connectivity index (χ3v) is 4.03. The van der Waals surface area contributed by atoms with Crippen LogP contribution in [0.2, 0.25) is 0 Å². The lowest BCUT2D eigenvalue weighted by Gasteiger charge is -2.15. The predicted molar refractivity (Wildman–Crippen MR) is 104 cm³/mol. The summed E-state index contributed by atoms with van der Waals surface area (Å²) >= 11 is 0. The minimum atomic E-state index is -0.255. The van der Waals surface area contributed by atoms with E-state index >= 15 is 0 Å². The lowest BCUT2D eigenvalue weighted by Crippen LogP contribution is -2.22. The third kappa shape index (κ3) is 4.85. The summed E-state index contributed by atoms with van der Waals surface area (Å²) < 4.78 is 5.74. The molecule has 2 amide bonds. The van der Waals surface area contributed by atoms with E-state index in [1.54, 1.807) is 44.4 Å². The van der Waals surface area contributed by atoms with Crippen molar-refractivity contribution in [1.29, 1.82) is 0 Å². The van der Waals surface area contributed by atoms with Crippen molar-refractivity contribution < 1.29 is 14.3 Å². The highest BCUT2D eigenvalue weighted by Gasteiger charge is 2.15. The average molecular weight is 354 g/mol. The van der Waals surface area contributed by atoms with Gasteiger partial charge in [-0.1, -0.05) is 31.5 Å². The number of rotatable bonds is 7. The minimum absolute atomic E-state index is 0.108. The molecular weight excluding hydrogens is 328 g/mol. The maximum atomic E-state index is 12.7. The number of unbranched alkanes of at least 4 members (excludes halogenated alkanes) is 1. The smallest absolute Gasteiger partial charge is 0.259 e. The van der Waals surface area contributed by atoms with Crippen LogP contribution in [0.3, 0.4) is 0 Å². The highest BCUT2D eigenvalue weighted by atomic mass is 16.5. The van der Waals surface area contributed by atoms with Crippen molar-refractivity contribution in [1.82, 2.24) is 4.90 Å². The van der Waals surface area contributed by atoms with Crippen molar-refractivity contribution in [2.75, 3.05) is 26.0 Å². The van der Waals surface area contributed by atoms with E-state index in [0.717, 1.165) is 18.4 Å². The Morgan fingerprint density at radius 2 is 1.85 bits per heavy atom. The number of carbonyl (C=O) groups excluding carboxylic acids is 2. The molecule has 5 nitrogen and oxygen atoms in total. The molecule has 0 aliphatic carbocycles. The molecule has 0 fully saturated rings. The highest BCUT2D eigenvalue weighted by molar-refractivity contribution is 6.07. The molecule has 0 bridgehead atoms. The number of hydrogen-bond acceptors (Lipinski definition) is 3. The largest absolute Gasteiger partial charge is 0.493 e. The Kier molecular flexibility index (Phi) is 6.78. The molecule has 0 saturated heterocycles. The summed E-state index contributed by atoms with van der Waals surface area (Å²) in [5.41, 5.74) is 2.51. The minimum Gasteiger partial charge on any atom is -0.493 e. The highest BCUT2D eigenvalue weighted by Crippen LogP contribution is 2.23. The fraction of sp³-hybridized carbons (Fsp3) is 0.333. The molecule has 0 radical (unpaired) electrons. The molecule has 0 atom stereocenters. The number of nitrogens with one attached hydrogen (secondary N) is 1. The monoisotopic (exact) mass is 354 g/mol. The van der Waals surface area contributed by atoms with Crippen LogP contribution < -0.4 is 10.1 Å². The molecule has 138 valence electrons. The number of carbonyl (C=O) groups is 2. The van der Waals surface area contributed by atoms with Gasteiger partial charge in [-0.25, -0.2) is 0 Å². The standard InChI is InChI=1S/C21H26N2O3/c1-5-6-13-26-19-10-8-7-9-17(19)20(24)22-18-14-16(12-11-15(18)2)21(25)23(3)4/h7-12,14H,5-6,13H2,1-4H3,(H,22,24). The topological polar surface area (TPSA) is 58.6 Å². The molecule has 0 aliphatic heterocycles. The van der Waals surface area contributed by atoms with E-state index in [2.05, 4.69) is 12.2 Å². The molecular formula is C21H26N2O3. The summed E-state index contributed by atoms with van der Waals surface area (Å²) in [6, 6.07) is 12.5. The number of benzene rings is 2. The number of anilines is 1. The summed E-state index contributed by atoms with van der Waals surface area (Å²) in [5, 5.41) is 2.90. The lowest BCUT2D eigenvalue weighted by molar-refractivity contribution is 0.0827. The van der Waals surface area contributed by atoms with Gasteiger partial charge in [-0.2, -0.15) is 0 Å². The van der Waals surface area contributed by atoms with Crippen molar-refractivity contribution >= 4 is 17.5 Å². The van der Waals surface area contributed by atoms with Gasteiger partial charge in [0.1, 0.15) is 5.75 Å². The first-order valence-corrected chi connectivity index (χ1v) is 8.79. The van der Waals surface area contributed by atoms with Crippen LogP contribution in [0.25, 0.3) is 0 Å². The van der Waals surface area contributed by atoms with Gasteiger partial charge in [-0.15, -0.1) is 0 Å². The normalized spacial score (nSPS) is 10.3. The molecule has 0 aromatic heterocycles. The fourth-order valence-corrected chi connectivity index (χ4v) is 2.44. The van der Waals surface area contributed by atoms with Crippen LogP contribution in [0.5, 0.6) is 5.75 Å². The quantitative estimate of drug-likeness (QED) is 0.761. The molecule has 26 heavy (non-hydrogen) atoms. The van der Waals surface area contributed by atoms with E-state index in [0.29, 0.717) is 29.2 Å². The molecule has 0 spiro atoms. The number of ether oxygens (including phenoxy) is 1. The van der Waals surface area contributed by atoms with Gasteiger partial charge >= 0.3 is 0 Å². The summed E-state index contributed by atoms with van der Waals surface area (Å²) in [6.45, 7) is 4.56. The zero-order valence-corrected chi connectivity index (χ0v) is 15.8. The van der Waals surface area contributed by atoms with Crippen molar-refractivity contribution in [3.05, 3.63) is 59.2 Å². The molecule has 2 aromatic rings. The van der Waals surface area contributed by atoms with E-state index in [9.17, 15) is 9.59 Å². The zero-order valence-electron chi connectivity index (χ0n) is 15.8. The van der Waals surface area contributed by atoms with Gasteiger partial charge in [0, 0.05) is 25.3 Å². The summed E-state index contributed by atoms with van der Waals surface area (Å²) in [7, 11) is 3.40.